The molecule has 0 atom stereocenters. The monoisotopic (exact) mass is 254 g/mol. The van der Waals surface area contributed by atoms with Gasteiger partial charge >= 0.3 is 0 Å². The van der Waals surface area contributed by atoms with Crippen molar-refractivity contribution in [2.24, 2.45) is 0 Å². The van der Waals surface area contributed by atoms with E-state index in [0.717, 1.165) is 16.5 Å². The van der Waals surface area contributed by atoms with Crippen LogP contribution < -0.4 is 0 Å². The van der Waals surface area contributed by atoms with Gasteiger partial charge in [-0.3, -0.25) is 0 Å². The van der Waals surface area contributed by atoms with Crippen molar-refractivity contribution in [1.29, 1.82) is 5.26 Å². The van der Waals surface area contributed by atoms with Crippen LogP contribution in [-0.4, -0.2) is 4.98 Å². The predicted octanol–water partition coefficient (Wildman–Crippen LogP) is 3.86. The van der Waals surface area contributed by atoms with Gasteiger partial charge in [-0.05, 0) is 49.2 Å². The Bertz CT molecular complexity index is 562. The number of nitriles is 1. The van der Waals surface area contributed by atoms with Crippen LogP contribution in [0.15, 0.2) is 41.4 Å². The summed E-state index contributed by atoms with van der Waals surface area (Å²) in [5.74, 6) is 0.877. The molecule has 18 heavy (non-hydrogen) atoms. The normalized spacial score (nSPS) is 10.1. The summed E-state index contributed by atoms with van der Waals surface area (Å²) >= 11 is 1.72. The topological polar surface area (TPSA) is 36.7 Å². The van der Waals surface area contributed by atoms with Gasteiger partial charge in [-0.1, -0.05) is 12.1 Å². The first-order valence-corrected chi connectivity index (χ1v) is 6.73. The Hall–Kier alpha value is -1.79. The zero-order valence-corrected chi connectivity index (χ0v) is 11.3. The molecule has 2 rings (SSSR count). The van der Waals surface area contributed by atoms with Crippen LogP contribution in [0.2, 0.25) is 0 Å². The van der Waals surface area contributed by atoms with Crippen LogP contribution in [0.4, 0.5) is 0 Å². The van der Waals surface area contributed by atoms with E-state index in [2.05, 4.69) is 30.1 Å². The number of pyridine rings is 1. The highest BCUT2D eigenvalue weighted by Gasteiger charge is 2.00. The fourth-order valence-corrected chi connectivity index (χ4v) is 2.70. The quantitative estimate of drug-likeness (QED) is 0.780. The molecule has 0 bridgehead atoms. The maximum atomic E-state index is 8.73. The average Bonchev–Trinajstić information content (AvgIpc) is 2.36. The number of hydrogen-bond donors (Lipinski definition) is 0. The predicted molar refractivity (Wildman–Crippen MR) is 74.4 cm³/mol. The average molecular weight is 254 g/mol. The minimum Gasteiger partial charge on any atom is -0.247 e. The summed E-state index contributed by atoms with van der Waals surface area (Å²) in [6.45, 7) is 4.10. The smallest absolute Gasteiger partial charge is 0.0991 e. The number of hydrogen-bond acceptors (Lipinski definition) is 3. The molecule has 0 N–H and O–H groups in total. The van der Waals surface area contributed by atoms with E-state index in [9.17, 15) is 0 Å². The van der Waals surface area contributed by atoms with E-state index in [-0.39, 0.29) is 0 Å². The lowest BCUT2D eigenvalue weighted by molar-refractivity contribution is 1.05. The van der Waals surface area contributed by atoms with E-state index >= 15 is 0 Å². The Morgan fingerprint density at radius 3 is 2.50 bits per heavy atom. The zero-order valence-electron chi connectivity index (χ0n) is 10.5. The van der Waals surface area contributed by atoms with Crippen LogP contribution in [0.5, 0.6) is 0 Å². The lowest BCUT2D eigenvalue weighted by Crippen LogP contribution is -1.88. The molecule has 1 heterocycles. The molecule has 0 aliphatic heterocycles. The first kappa shape index (κ1) is 12.7. The highest BCUT2D eigenvalue weighted by molar-refractivity contribution is 7.98. The SMILES string of the molecule is Cc1cc(C)nc(SCc2ccc(C#N)cc2)c1. The summed E-state index contributed by atoms with van der Waals surface area (Å²) in [7, 11) is 0. The molecule has 0 aliphatic carbocycles. The summed E-state index contributed by atoms with van der Waals surface area (Å²) in [5, 5.41) is 9.78. The molecule has 2 nitrogen and oxygen atoms in total. The van der Waals surface area contributed by atoms with Gasteiger partial charge in [-0.15, -0.1) is 11.8 Å². The standard InChI is InChI=1S/C15H14N2S/c1-11-7-12(2)17-15(8-11)18-10-14-5-3-13(9-16)4-6-14/h3-8H,10H2,1-2H3. The van der Waals surface area contributed by atoms with Crippen molar-refractivity contribution in [3.63, 3.8) is 0 Å². The van der Waals surface area contributed by atoms with Crippen LogP contribution in [0.1, 0.15) is 22.4 Å². The molecule has 0 unspecified atom stereocenters. The van der Waals surface area contributed by atoms with Crippen LogP contribution in [-0.2, 0) is 5.75 Å². The third-order valence-corrected chi connectivity index (χ3v) is 3.53. The molecule has 90 valence electrons. The minimum absolute atomic E-state index is 0.702. The van der Waals surface area contributed by atoms with Crippen molar-refractivity contribution in [3.8, 4) is 6.07 Å². The second-order valence-corrected chi connectivity index (χ2v) is 5.22. The second kappa shape index (κ2) is 5.70. The van der Waals surface area contributed by atoms with E-state index in [1.165, 1.54) is 11.1 Å². The highest BCUT2D eigenvalue weighted by Crippen LogP contribution is 2.22. The molecular formula is C15H14N2S. The van der Waals surface area contributed by atoms with Gasteiger partial charge in [0.25, 0.3) is 0 Å². The van der Waals surface area contributed by atoms with Crippen molar-refractivity contribution < 1.29 is 0 Å². The maximum absolute atomic E-state index is 8.73. The van der Waals surface area contributed by atoms with Crippen LogP contribution in [0.25, 0.3) is 0 Å². The van der Waals surface area contributed by atoms with E-state index in [0.29, 0.717) is 5.56 Å². The van der Waals surface area contributed by atoms with E-state index in [4.69, 9.17) is 5.26 Å². The van der Waals surface area contributed by atoms with Gasteiger partial charge in [-0.25, -0.2) is 4.98 Å². The highest BCUT2D eigenvalue weighted by atomic mass is 32.2. The number of rotatable bonds is 3. The van der Waals surface area contributed by atoms with Crippen LogP contribution in [0, 0.1) is 25.2 Å². The third-order valence-electron chi connectivity index (χ3n) is 2.54. The first-order valence-electron chi connectivity index (χ1n) is 5.74. The summed E-state index contributed by atoms with van der Waals surface area (Å²) in [4.78, 5) is 4.49. The fraction of sp³-hybridized carbons (Fsp3) is 0.200. The van der Waals surface area contributed by atoms with Crippen molar-refractivity contribution in [1.82, 2.24) is 4.98 Å². The van der Waals surface area contributed by atoms with E-state index in [1.54, 1.807) is 11.8 Å². The maximum Gasteiger partial charge on any atom is 0.0991 e. The first-order chi connectivity index (χ1) is 8.67. The Morgan fingerprint density at radius 2 is 1.89 bits per heavy atom. The van der Waals surface area contributed by atoms with Gasteiger partial charge in [0.15, 0.2) is 0 Å². The molecule has 0 fully saturated rings. The van der Waals surface area contributed by atoms with Crippen molar-refractivity contribution >= 4 is 11.8 Å². The third kappa shape index (κ3) is 3.35. The lowest BCUT2D eigenvalue weighted by atomic mass is 10.2. The number of aromatic nitrogens is 1. The molecular weight excluding hydrogens is 240 g/mol. The summed E-state index contributed by atoms with van der Waals surface area (Å²) in [6, 6.07) is 14.0. The summed E-state index contributed by atoms with van der Waals surface area (Å²) < 4.78 is 0. The molecule has 0 saturated carbocycles. The number of benzene rings is 1. The van der Waals surface area contributed by atoms with Gasteiger partial charge in [0.2, 0.25) is 0 Å². The second-order valence-electron chi connectivity index (χ2n) is 4.22. The largest absolute Gasteiger partial charge is 0.247 e. The van der Waals surface area contributed by atoms with Gasteiger partial charge in [-0.2, -0.15) is 5.26 Å². The summed E-state index contributed by atoms with van der Waals surface area (Å²) in [6.07, 6.45) is 0. The molecule has 1 aromatic carbocycles. The molecule has 0 amide bonds. The fourth-order valence-electron chi connectivity index (χ4n) is 1.71. The van der Waals surface area contributed by atoms with Gasteiger partial charge in [0.1, 0.15) is 0 Å². The molecule has 0 saturated heterocycles. The molecule has 3 heteroatoms. The van der Waals surface area contributed by atoms with Gasteiger partial charge < -0.3 is 0 Å². The Balaban J connectivity index is 2.04. The Labute approximate surface area is 112 Å². The Morgan fingerprint density at radius 1 is 1.17 bits per heavy atom. The van der Waals surface area contributed by atoms with Crippen LogP contribution >= 0.6 is 11.8 Å². The number of thioether (sulfide) groups is 1. The van der Waals surface area contributed by atoms with Gasteiger partial charge in [0, 0.05) is 11.4 Å². The molecule has 0 aliphatic rings. The van der Waals surface area contributed by atoms with Crippen molar-refractivity contribution in [2.45, 2.75) is 24.6 Å². The molecule has 0 spiro atoms. The van der Waals surface area contributed by atoms with Crippen LogP contribution in [0.3, 0.4) is 0 Å². The molecule has 2 aromatic rings. The zero-order chi connectivity index (χ0) is 13.0. The van der Waals surface area contributed by atoms with Gasteiger partial charge in [0.05, 0.1) is 16.7 Å². The number of nitrogens with zero attached hydrogens (tertiary/aromatic N) is 2. The van der Waals surface area contributed by atoms with Crippen molar-refractivity contribution in [2.75, 3.05) is 0 Å². The van der Waals surface area contributed by atoms with E-state index in [1.807, 2.05) is 31.2 Å². The summed E-state index contributed by atoms with van der Waals surface area (Å²) in [5.41, 5.74) is 4.20. The molecule has 0 radical (unpaired) electrons. The number of aryl methyl sites for hydroxylation is 2. The Kier molecular flexibility index (Phi) is 4.01. The molecule has 1 aromatic heterocycles. The van der Waals surface area contributed by atoms with Crippen molar-refractivity contribution in [3.05, 3.63) is 58.8 Å². The minimum atomic E-state index is 0.702. The lowest BCUT2D eigenvalue weighted by Gasteiger charge is -2.04. The van der Waals surface area contributed by atoms with E-state index < -0.39 is 0 Å².